The standard InChI is InChI=1S/C18H26N2O5S/c1-14(2)17(21)19-15-4-6-16(7-5-15)26(22,23)20-10-8-18(9-11-20)24-12-3-13-25-18/h4-7,14H,3,8-13H2,1-2H3,(H,19,21). The molecule has 2 aliphatic heterocycles. The van der Waals surface area contributed by atoms with Crippen LogP contribution in [0, 0.1) is 5.92 Å². The van der Waals surface area contributed by atoms with E-state index in [0.717, 1.165) is 6.42 Å². The summed E-state index contributed by atoms with van der Waals surface area (Å²) < 4.78 is 38.7. The third-order valence-corrected chi connectivity index (χ3v) is 6.70. The van der Waals surface area contributed by atoms with Gasteiger partial charge < -0.3 is 14.8 Å². The monoisotopic (exact) mass is 382 g/mol. The molecular weight excluding hydrogens is 356 g/mol. The summed E-state index contributed by atoms with van der Waals surface area (Å²) in [5, 5.41) is 2.76. The van der Waals surface area contributed by atoms with Gasteiger partial charge in [0.1, 0.15) is 0 Å². The molecule has 0 unspecified atom stereocenters. The molecule has 8 heteroatoms. The molecule has 144 valence electrons. The third kappa shape index (κ3) is 4.09. The van der Waals surface area contributed by atoms with Gasteiger partial charge in [-0.25, -0.2) is 8.42 Å². The van der Waals surface area contributed by atoms with Crippen LogP contribution in [0.2, 0.25) is 0 Å². The Bertz CT molecular complexity index is 729. The molecule has 26 heavy (non-hydrogen) atoms. The zero-order valence-corrected chi connectivity index (χ0v) is 16.0. The van der Waals surface area contributed by atoms with Gasteiger partial charge in [-0.1, -0.05) is 13.8 Å². The Morgan fingerprint density at radius 2 is 1.69 bits per heavy atom. The lowest BCUT2D eigenvalue weighted by molar-refractivity contribution is -0.280. The van der Waals surface area contributed by atoms with Crippen molar-refractivity contribution in [1.82, 2.24) is 4.31 Å². The summed E-state index contributed by atoms with van der Waals surface area (Å²) in [6.45, 7) is 5.67. The number of amides is 1. The highest BCUT2D eigenvalue weighted by Crippen LogP contribution is 2.33. The van der Waals surface area contributed by atoms with Crippen molar-refractivity contribution in [1.29, 1.82) is 0 Å². The van der Waals surface area contributed by atoms with Gasteiger partial charge in [0, 0.05) is 37.5 Å². The average Bonchev–Trinajstić information content (AvgIpc) is 2.63. The third-order valence-electron chi connectivity index (χ3n) is 4.79. The van der Waals surface area contributed by atoms with Crippen LogP contribution in [0.1, 0.15) is 33.1 Å². The van der Waals surface area contributed by atoms with E-state index in [1.54, 1.807) is 26.0 Å². The van der Waals surface area contributed by atoms with Crippen LogP contribution < -0.4 is 5.32 Å². The van der Waals surface area contributed by atoms with E-state index in [9.17, 15) is 13.2 Å². The number of hydrogen-bond acceptors (Lipinski definition) is 5. The number of carbonyl (C=O) groups is 1. The van der Waals surface area contributed by atoms with Gasteiger partial charge in [0.15, 0.2) is 5.79 Å². The summed E-state index contributed by atoms with van der Waals surface area (Å²) in [6, 6.07) is 6.30. The summed E-state index contributed by atoms with van der Waals surface area (Å²) in [5.74, 6) is -0.854. The molecule has 2 saturated heterocycles. The van der Waals surface area contributed by atoms with Gasteiger partial charge in [0.2, 0.25) is 15.9 Å². The van der Waals surface area contributed by atoms with Crippen molar-refractivity contribution in [3.8, 4) is 0 Å². The highest BCUT2D eigenvalue weighted by molar-refractivity contribution is 7.89. The molecule has 1 spiro atoms. The van der Waals surface area contributed by atoms with E-state index in [1.165, 1.54) is 16.4 Å². The molecule has 1 aromatic rings. The van der Waals surface area contributed by atoms with Crippen molar-refractivity contribution >= 4 is 21.6 Å². The fraction of sp³-hybridized carbons (Fsp3) is 0.611. The number of carbonyl (C=O) groups excluding carboxylic acids is 1. The molecule has 0 saturated carbocycles. The molecule has 0 radical (unpaired) electrons. The number of nitrogens with zero attached hydrogens (tertiary/aromatic N) is 1. The summed E-state index contributed by atoms with van der Waals surface area (Å²) in [7, 11) is -3.57. The van der Waals surface area contributed by atoms with E-state index >= 15 is 0 Å². The molecule has 0 aromatic heterocycles. The lowest BCUT2D eigenvalue weighted by atomic mass is 10.0. The van der Waals surface area contributed by atoms with Crippen LogP contribution in [0.3, 0.4) is 0 Å². The largest absolute Gasteiger partial charge is 0.350 e. The lowest BCUT2D eigenvalue weighted by Crippen LogP contribution is -2.51. The number of sulfonamides is 1. The highest BCUT2D eigenvalue weighted by Gasteiger charge is 2.41. The molecular formula is C18H26N2O5S. The first-order chi connectivity index (χ1) is 12.3. The van der Waals surface area contributed by atoms with E-state index in [0.29, 0.717) is 44.8 Å². The number of benzene rings is 1. The van der Waals surface area contributed by atoms with E-state index in [-0.39, 0.29) is 16.7 Å². The Balaban J connectivity index is 1.66. The number of rotatable bonds is 4. The topological polar surface area (TPSA) is 84.9 Å². The van der Waals surface area contributed by atoms with Gasteiger partial charge in [-0.15, -0.1) is 0 Å². The van der Waals surface area contributed by atoms with Crippen molar-refractivity contribution in [2.24, 2.45) is 5.92 Å². The van der Waals surface area contributed by atoms with Crippen molar-refractivity contribution in [2.45, 2.75) is 43.8 Å². The predicted molar refractivity (Wildman–Crippen MR) is 97.2 cm³/mol. The molecule has 2 fully saturated rings. The van der Waals surface area contributed by atoms with E-state index in [1.807, 2.05) is 0 Å². The van der Waals surface area contributed by atoms with Crippen LogP contribution in [-0.4, -0.2) is 50.7 Å². The first-order valence-corrected chi connectivity index (χ1v) is 10.5. The normalized spacial score (nSPS) is 21.0. The van der Waals surface area contributed by atoms with Gasteiger partial charge in [0.05, 0.1) is 18.1 Å². The first-order valence-electron chi connectivity index (χ1n) is 9.01. The van der Waals surface area contributed by atoms with Crippen molar-refractivity contribution in [2.75, 3.05) is 31.6 Å². The molecule has 3 rings (SSSR count). The molecule has 1 aromatic carbocycles. The zero-order valence-electron chi connectivity index (χ0n) is 15.2. The number of piperidine rings is 1. The Morgan fingerprint density at radius 1 is 1.12 bits per heavy atom. The summed E-state index contributed by atoms with van der Waals surface area (Å²) in [4.78, 5) is 12.0. The number of ether oxygens (including phenoxy) is 2. The van der Waals surface area contributed by atoms with E-state index in [2.05, 4.69) is 5.32 Å². The number of hydrogen-bond donors (Lipinski definition) is 1. The van der Waals surface area contributed by atoms with Crippen LogP contribution in [0.15, 0.2) is 29.2 Å². The summed E-state index contributed by atoms with van der Waals surface area (Å²) in [5.41, 5.74) is 0.587. The van der Waals surface area contributed by atoms with E-state index < -0.39 is 15.8 Å². The molecule has 7 nitrogen and oxygen atoms in total. The quantitative estimate of drug-likeness (QED) is 0.863. The Labute approximate surface area is 154 Å². The first kappa shape index (κ1) is 19.3. The van der Waals surface area contributed by atoms with Crippen molar-refractivity contribution in [3.63, 3.8) is 0 Å². The molecule has 2 heterocycles. The zero-order chi connectivity index (χ0) is 18.8. The molecule has 0 aliphatic carbocycles. The summed E-state index contributed by atoms with van der Waals surface area (Å²) >= 11 is 0. The minimum Gasteiger partial charge on any atom is -0.350 e. The van der Waals surface area contributed by atoms with Gasteiger partial charge in [-0.2, -0.15) is 4.31 Å². The van der Waals surface area contributed by atoms with E-state index in [4.69, 9.17) is 9.47 Å². The Hall–Kier alpha value is -1.48. The average molecular weight is 382 g/mol. The minimum absolute atomic E-state index is 0.102. The van der Waals surface area contributed by atoms with Gasteiger partial charge in [0.25, 0.3) is 0 Å². The van der Waals surface area contributed by atoms with Crippen molar-refractivity contribution < 1.29 is 22.7 Å². The smallest absolute Gasteiger partial charge is 0.243 e. The highest BCUT2D eigenvalue weighted by atomic mass is 32.2. The Kier molecular flexibility index (Phi) is 5.67. The Morgan fingerprint density at radius 3 is 2.23 bits per heavy atom. The number of nitrogens with one attached hydrogen (secondary N) is 1. The second kappa shape index (κ2) is 7.64. The molecule has 2 aliphatic rings. The van der Waals surface area contributed by atoms with Crippen LogP contribution in [0.4, 0.5) is 5.69 Å². The SMILES string of the molecule is CC(C)C(=O)Nc1ccc(S(=O)(=O)N2CCC3(CC2)OCCCO3)cc1. The van der Waals surface area contributed by atoms with Crippen LogP contribution in [0.25, 0.3) is 0 Å². The minimum atomic E-state index is -3.57. The van der Waals surface area contributed by atoms with Crippen LogP contribution >= 0.6 is 0 Å². The van der Waals surface area contributed by atoms with Gasteiger partial charge in [-0.05, 0) is 30.7 Å². The summed E-state index contributed by atoms with van der Waals surface area (Å²) in [6.07, 6.45) is 1.95. The number of anilines is 1. The second-order valence-electron chi connectivity index (χ2n) is 7.03. The fourth-order valence-corrected chi connectivity index (χ4v) is 4.56. The molecule has 1 N–H and O–H groups in total. The maximum Gasteiger partial charge on any atom is 0.243 e. The van der Waals surface area contributed by atoms with Gasteiger partial charge in [-0.3, -0.25) is 4.79 Å². The molecule has 1 amide bonds. The van der Waals surface area contributed by atoms with Crippen molar-refractivity contribution in [3.05, 3.63) is 24.3 Å². The second-order valence-corrected chi connectivity index (χ2v) is 8.97. The lowest BCUT2D eigenvalue weighted by Gasteiger charge is -2.42. The van der Waals surface area contributed by atoms with Gasteiger partial charge >= 0.3 is 0 Å². The fourth-order valence-electron chi connectivity index (χ4n) is 3.12. The predicted octanol–water partition coefficient (Wildman–Crippen LogP) is 2.20. The maximum absolute atomic E-state index is 12.9. The maximum atomic E-state index is 12.9. The van der Waals surface area contributed by atoms with Crippen LogP contribution in [0.5, 0.6) is 0 Å². The molecule has 0 atom stereocenters. The van der Waals surface area contributed by atoms with Crippen LogP contribution in [-0.2, 0) is 24.3 Å². The molecule has 0 bridgehead atoms.